The number of amides is 2. The number of anilines is 2. The summed E-state index contributed by atoms with van der Waals surface area (Å²) in [6.07, 6.45) is 2.93. The Bertz CT molecular complexity index is 1650. The van der Waals surface area contributed by atoms with E-state index >= 15 is 0 Å². The van der Waals surface area contributed by atoms with E-state index in [-0.39, 0.29) is 28.6 Å². The van der Waals surface area contributed by atoms with Crippen LogP contribution in [0.5, 0.6) is 0 Å². The molecule has 40 heavy (non-hydrogen) atoms. The first-order valence-corrected chi connectivity index (χ1v) is 12.9. The van der Waals surface area contributed by atoms with Crippen LogP contribution >= 0.6 is 0 Å². The summed E-state index contributed by atoms with van der Waals surface area (Å²) in [7, 11) is 1.32. The second-order valence-corrected chi connectivity index (χ2v) is 10.8. The average molecular weight is 548 g/mol. The fourth-order valence-corrected chi connectivity index (χ4v) is 5.45. The Morgan fingerprint density at radius 2 is 2.00 bits per heavy atom. The highest BCUT2D eigenvalue weighted by molar-refractivity contribution is 6.09. The lowest BCUT2D eigenvalue weighted by molar-refractivity contribution is -0.127. The number of ether oxygens (including phenoxy) is 2. The van der Waals surface area contributed by atoms with Gasteiger partial charge in [0.05, 0.1) is 54.5 Å². The van der Waals surface area contributed by atoms with Gasteiger partial charge in [-0.1, -0.05) is 5.16 Å². The number of halogens is 1. The molecule has 2 amide bonds. The maximum Gasteiger partial charge on any atom is 0.409 e. The lowest BCUT2D eigenvalue weighted by Gasteiger charge is -2.56. The molecule has 3 aliphatic heterocycles. The number of nitrogens with zero attached hydrogens (tertiary/aromatic N) is 6. The number of methoxy groups -OCH3 is 1. The molecule has 0 aliphatic carbocycles. The van der Waals surface area contributed by atoms with Gasteiger partial charge in [-0.25, -0.2) is 13.7 Å². The monoisotopic (exact) mass is 547 g/mol. The first-order chi connectivity index (χ1) is 19.3. The predicted molar refractivity (Wildman–Crippen MR) is 140 cm³/mol. The number of pyridine rings is 1. The zero-order valence-corrected chi connectivity index (χ0v) is 21.9. The van der Waals surface area contributed by atoms with Gasteiger partial charge in [0.1, 0.15) is 5.82 Å². The minimum Gasteiger partial charge on any atom is -0.453 e. The molecule has 7 rings (SSSR count). The van der Waals surface area contributed by atoms with Gasteiger partial charge < -0.3 is 29.1 Å². The number of aryl methyl sites for hydroxylation is 1. The van der Waals surface area contributed by atoms with Crippen molar-refractivity contribution in [2.45, 2.75) is 12.8 Å². The van der Waals surface area contributed by atoms with Crippen LogP contribution in [-0.4, -0.2) is 83.2 Å². The molecule has 1 N–H and O–H groups in total. The van der Waals surface area contributed by atoms with Crippen molar-refractivity contribution in [2.75, 3.05) is 56.7 Å². The summed E-state index contributed by atoms with van der Waals surface area (Å²) in [5.74, 6) is -0.702. The number of likely N-dealkylation sites (tertiary alicyclic amines) is 1. The van der Waals surface area contributed by atoms with Crippen LogP contribution < -0.4 is 10.2 Å². The van der Waals surface area contributed by atoms with Gasteiger partial charge >= 0.3 is 6.09 Å². The summed E-state index contributed by atoms with van der Waals surface area (Å²) >= 11 is 0. The largest absolute Gasteiger partial charge is 0.453 e. The number of hydrogen-bond donors (Lipinski definition) is 1. The molecule has 0 atom stereocenters. The number of carbonyl (C=O) groups excluding carboxylic acids is 2. The maximum absolute atomic E-state index is 15.0. The summed E-state index contributed by atoms with van der Waals surface area (Å²) in [5, 5.41) is 11.2. The highest BCUT2D eigenvalue weighted by Gasteiger charge is 2.49. The number of fused-ring (bicyclic) bond motifs is 1. The Labute approximate surface area is 227 Å². The van der Waals surface area contributed by atoms with Gasteiger partial charge in [0.2, 0.25) is 11.7 Å². The molecule has 0 saturated carbocycles. The van der Waals surface area contributed by atoms with Gasteiger partial charge in [0.15, 0.2) is 0 Å². The van der Waals surface area contributed by atoms with Crippen molar-refractivity contribution < 1.29 is 28.0 Å². The Kier molecular flexibility index (Phi) is 5.52. The van der Waals surface area contributed by atoms with E-state index < -0.39 is 11.9 Å². The molecule has 0 unspecified atom stereocenters. The zero-order valence-electron chi connectivity index (χ0n) is 21.9. The normalized spacial score (nSPS) is 17.9. The number of nitrogens with one attached hydrogen (secondary N) is 1. The fraction of sp³-hybridized carbons (Fsp3) is 0.370. The zero-order chi connectivity index (χ0) is 27.6. The van der Waals surface area contributed by atoms with Gasteiger partial charge in [-0.05, 0) is 36.8 Å². The molecule has 1 aromatic carbocycles. The Morgan fingerprint density at radius 3 is 2.73 bits per heavy atom. The van der Waals surface area contributed by atoms with Gasteiger partial charge in [-0.2, -0.15) is 10.1 Å². The standard InChI is InChI=1S/C27H26FN7O5/c1-15-5-20(28)18(23-31-25(40-32-23)16-9-33(10-16)26(37)38-2)7-21(15)30-24(36)19-8-29-35-4-3-17(6-22(19)35)34-11-27(12-34)13-39-14-27/h3-8,16H,9-14H2,1-2H3,(H,30,36). The van der Waals surface area contributed by atoms with E-state index in [4.69, 9.17) is 14.0 Å². The number of carbonyl (C=O) groups is 2. The molecule has 1 spiro atoms. The summed E-state index contributed by atoms with van der Waals surface area (Å²) in [6, 6.07) is 6.76. The minimum atomic E-state index is -0.544. The van der Waals surface area contributed by atoms with Crippen molar-refractivity contribution >= 4 is 28.9 Å². The quantitative estimate of drug-likeness (QED) is 0.401. The van der Waals surface area contributed by atoms with E-state index in [1.807, 2.05) is 18.3 Å². The van der Waals surface area contributed by atoms with Crippen molar-refractivity contribution in [1.29, 1.82) is 0 Å². The van der Waals surface area contributed by atoms with Crippen molar-refractivity contribution in [3.8, 4) is 11.4 Å². The number of aromatic nitrogens is 4. The molecule has 206 valence electrons. The summed E-state index contributed by atoms with van der Waals surface area (Å²) < 4.78 is 32.0. The van der Waals surface area contributed by atoms with Crippen LogP contribution in [0.15, 0.2) is 41.2 Å². The smallest absolute Gasteiger partial charge is 0.409 e. The van der Waals surface area contributed by atoms with Crippen LogP contribution in [0.2, 0.25) is 0 Å². The van der Waals surface area contributed by atoms with Crippen LogP contribution in [0, 0.1) is 18.2 Å². The van der Waals surface area contributed by atoms with Crippen molar-refractivity contribution in [1.82, 2.24) is 24.7 Å². The third-order valence-electron chi connectivity index (χ3n) is 7.89. The lowest BCUT2D eigenvalue weighted by atomic mass is 9.78. The summed E-state index contributed by atoms with van der Waals surface area (Å²) in [6.45, 7) is 5.91. The second kappa shape index (κ2) is 9.01. The van der Waals surface area contributed by atoms with Crippen molar-refractivity contribution in [2.24, 2.45) is 5.41 Å². The fourth-order valence-electron chi connectivity index (χ4n) is 5.45. The van der Waals surface area contributed by atoms with Crippen LogP contribution in [0.4, 0.5) is 20.6 Å². The van der Waals surface area contributed by atoms with Gasteiger partial charge in [-0.15, -0.1) is 0 Å². The molecule has 0 radical (unpaired) electrons. The molecule has 0 bridgehead atoms. The molecule has 3 fully saturated rings. The van der Waals surface area contributed by atoms with Crippen LogP contribution in [-0.2, 0) is 9.47 Å². The molecule has 3 aliphatic rings. The van der Waals surface area contributed by atoms with E-state index in [0.29, 0.717) is 41.3 Å². The van der Waals surface area contributed by atoms with Gasteiger partial charge in [0.25, 0.3) is 5.91 Å². The first kappa shape index (κ1) is 24.5. The van der Waals surface area contributed by atoms with E-state index in [0.717, 1.165) is 32.0 Å². The minimum absolute atomic E-state index is 0.0596. The maximum atomic E-state index is 15.0. The van der Waals surface area contributed by atoms with Crippen LogP contribution in [0.3, 0.4) is 0 Å². The molecule has 12 nitrogen and oxygen atoms in total. The van der Waals surface area contributed by atoms with Crippen molar-refractivity contribution in [3.05, 3.63) is 59.5 Å². The van der Waals surface area contributed by atoms with Crippen LogP contribution in [0.25, 0.3) is 16.9 Å². The van der Waals surface area contributed by atoms with E-state index in [1.165, 1.54) is 30.3 Å². The molecule has 13 heteroatoms. The Balaban J connectivity index is 1.10. The third-order valence-corrected chi connectivity index (χ3v) is 7.89. The Morgan fingerprint density at radius 1 is 1.20 bits per heavy atom. The summed E-state index contributed by atoms with van der Waals surface area (Å²) in [5.41, 5.74) is 3.41. The van der Waals surface area contributed by atoms with Crippen molar-refractivity contribution in [3.63, 3.8) is 0 Å². The third kappa shape index (κ3) is 3.96. The number of benzene rings is 1. The number of rotatable bonds is 5. The molecular formula is C27H26FN7O5. The topological polar surface area (TPSA) is 127 Å². The van der Waals surface area contributed by atoms with E-state index in [1.54, 1.807) is 11.4 Å². The number of hydrogen-bond acceptors (Lipinski definition) is 9. The highest BCUT2D eigenvalue weighted by atomic mass is 19.1. The molecule has 3 saturated heterocycles. The van der Waals surface area contributed by atoms with Crippen LogP contribution in [0.1, 0.15) is 27.7 Å². The lowest BCUT2D eigenvalue weighted by Crippen LogP contribution is -2.66. The SMILES string of the molecule is COC(=O)N1CC(c2nc(-c3cc(NC(=O)c4cnn5ccc(N6CC7(COC7)C6)cc45)c(C)cc3F)no2)C1. The molecular weight excluding hydrogens is 521 g/mol. The molecule has 3 aromatic heterocycles. The predicted octanol–water partition coefficient (Wildman–Crippen LogP) is 3.09. The van der Waals surface area contributed by atoms with E-state index in [9.17, 15) is 14.0 Å². The average Bonchev–Trinajstić information content (AvgIpc) is 3.50. The Hall–Kier alpha value is -4.52. The van der Waals surface area contributed by atoms with Gasteiger partial charge in [0, 0.05) is 43.8 Å². The first-order valence-electron chi connectivity index (χ1n) is 12.9. The van der Waals surface area contributed by atoms with E-state index in [2.05, 4.69) is 25.5 Å². The molecule has 6 heterocycles. The second-order valence-electron chi connectivity index (χ2n) is 10.8. The molecule has 4 aromatic rings. The summed E-state index contributed by atoms with van der Waals surface area (Å²) in [4.78, 5) is 33.1. The highest BCUT2D eigenvalue weighted by Crippen LogP contribution is 2.40. The van der Waals surface area contributed by atoms with Gasteiger partial charge in [-0.3, -0.25) is 4.79 Å².